The van der Waals surface area contributed by atoms with Gasteiger partial charge in [0.15, 0.2) is 0 Å². The summed E-state index contributed by atoms with van der Waals surface area (Å²) >= 11 is 0. The van der Waals surface area contributed by atoms with Crippen LogP contribution in [0, 0.1) is 11.3 Å². The van der Waals surface area contributed by atoms with Crippen molar-refractivity contribution < 1.29 is 4.74 Å². The lowest BCUT2D eigenvalue weighted by molar-refractivity contribution is 0.125. The van der Waals surface area contributed by atoms with Gasteiger partial charge in [-0.2, -0.15) is 0 Å². The summed E-state index contributed by atoms with van der Waals surface area (Å²) in [5.74, 6) is 0.919. The topological polar surface area (TPSA) is 21.3 Å². The molecule has 1 N–H and O–H groups in total. The standard InChI is InChI=1S/C17H35NO/c1-5-6-13-19-14-7-12-18-16-10-8-15(9-11-16)17(2,3)4/h15-16,18H,5-14H2,1-4H3. The number of unbranched alkanes of at least 4 members (excludes halogenated alkanes) is 1. The van der Waals surface area contributed by atoms with Crippen LogP contribution in [-0.2, 0) is 4.74 Å². The summed E-state index contributed by atoms with van der Waals surface area (Å²) in [5, 5.41) is 3.70. The molecule has 0 spiro atoms. The molecule has 0 aromatic heterocycles. The highest BCUT2D eigenvalue weighted by molar-refractivity contribution is 4.83. The summed E-state index contributed by atoms with van der Waals surface area (Å²) < 4.78 is 5.59. The summed E-state index contributed by atoms with van der Waals surface area (Å²) in [7, 11) is 0. The Morgan fingerprint density at radius 3 is 2.21 bits per heavy atom. The minimum absolute atomic E-state index is 0.498. The second-order valence-corrected chi connectivity index (χ2v) is 7.19. The first-order valence-corrected chi connectivity index (χ1v) is 8.35. The minimum Gasteiger partial charge on any atom is -0.381 e. The molecule has 1 aliphatic rings. The van der Waals surface area contributed by atoms with Crippen molar-refractivity contribution in [3.05, 3.63) is 0 Å². The molecule has 0 aliphatic heterocycles. The van der Waals surface area contributed by atoms with Crippen LogP contribution in [0.5, 0.6) is 0 Å². The van der Waals surface area contributed by atoms with Gasteiger partial charge >= 0.3 is 0 Å². The van der Waals surface area contributed by atoms with Crippen molar-refractivity contribution in [3.63, 3.8) is 0 Å². The molecule has 0 aromatic rings. The largest absolute Gasteiger partial charge is 0.381 e. The lowest BCUT2D eigenvalue weighted by Gasteiger charge is -2.37. The fourth-order valence-electron chi connectivity index (χ4n) is 2.99. The van der Waals surface area contributed by atoms with Crippen LogP contribution in [-0.4, -0.2) is 25.8 Å². The summed E-state index contributed by atoms with van der Waals surface area (Å²) in [4.78, 5) is 0. The van der Waals surface area contributed by atoms with Crippen molar-refractivity contribution in [1.82, 2.24) is 5.32 Å². The van der Waals surface area contributed by atoms with Crippen molar-refractivity contribution in [1.29, 1.82) is 0 Å². The van der Waals surface area contributed by atoms with Crippen LogP contribution in [0.3, 0.4) is 0 Å². The lowest BCUT2D eigenvalue weighted by Crippen LogP contribution is -2.36. The first-order valence-electron chi connectivity index (χ1n) is 8.35. The molecule has 0 radical (unpaired) electrons. The molecule has 114 valence electrons. The van der Waals surface area contributed by atoms with Gasteiger partial charge in [-0.3, -0.25) is 0 Å². The SMILES string of the molecule is CCCCOCCCNC1CCC(C(C)(C)C)CC1. The first-order chi connectivity index (χ1) is 9.04. The number of ether oxygens (including phenoxy) is 1. The Labute approximate surface area is 120 Å². The molecule has 0 heterocycles. The summed E-state index contributed by atoms with van der Waals surface area (Å²) in [5.41, 5.74) is 0.498. The molecule has 0 aromatic carbocycles. The summed E-state index contributed by atoms with van der Waals surface area (Å²) in [6.07, 6.45) is 9.10. The molecular weight excluding hydrogens is 234 g/mol. The predicted octanol–water partition coefficient (Wildman–Crippen LogP) is 4.39. The van der Waals surface area contributed by atoms with Gasteiger partial charge < -0.3 is 10.1 Å². The molecule has 0 saturated heterocycles. The van der Waals surface area contributed by atoms with Gasteiger partial charge in [0.05, 0.1) is 0 Å². The van der Waals surface area contributed by atoms with E-state index in [1.807, 2.05) is 0 Å². The molecular formula is C17H35NO. The number of hydrogen-bond donors (Lipinski definition) is 1. The van der Waals surface area contributed by atoms with E-state index >= 15 is 0 Å². The quantitative estimate of drug-likeness (QED) is 0.660. The molecule has 2 heteroatoms. The van der Waals surface area contributed by atoms with Crippen LogP contribution in [0.15, 0.2) is 0 Å². The summed E-state index contributed by atoms with van der Waals surface area (Å²) in [6, 6.07) is 0.759. The van der Waals surface area contributed by atoms with Crippen LogP contribution in [0.1, 0.15) is 72.6 Å². The van der Waals surface area contributed by atoms with E-state index in [4.69, 9.17) is 4.74 Å². The van der Waals surface area contributed by atoms with Crippen molar-refractivity contribution in [2.24, 2.45) is 11.3 Å². The van der Waals surface area contributed by atoms with Crippen LogP contribution in [0.2, 0.25) is 0 Å². The lowest BCUT2D eigenvalue weighted by atomic mass is 9.71. The Morgan fingerprint density at radius 1 is 1.00 bits per heavy atom. The smallest absolute Gasteiger partial charge is 0.0478 e. The van der Waals surface area contributed by atoms with Crippen molar-refractivity contribution in [2.75, 3.05) is 19.8 Å². The number of hydrogen-bond acceptors (Lipinski definition) is 2. The number of nitrogens with one attached hydrogen (secondary N) is 1. The average molecular weight is 269 g/mol. The monoisotopic (exact) mass is 269 g/mol. The third kappa shape index (κ3) is 7.31. The minimum atomic E-state index is 0.498. The van der Waals surface area contributed by atoms with Gasteiger partial charge in [-0.05, 0) is 56.4 Å². The third-order valence-corrected chi connectivity index (χ3v) is 4.49. The molecule has 2 nitrogen and oxygen atoms in total. The van der Waals surface area contributed by atoms with Gasteiger partial charge in [0.1, 0.15) is 0 Å². The van der Waals surface area contributed by atoms with Gasteiger partial charge in [0.25, 0.3) is 0 Å². The second kappa shape index (κ2) is 8.97. The first kappa shape index (κ1) is 17.0. The fourth-order valence-corrected chi connectivity index (χ4v) is 2.99. The predicted molar refractivity (Wildman–Crippen MR) is 83.5 cm³/mol. The van der Waals surface area contributed by atoms with E-state index in [1.54, 1.807) is 0 Å². The highest BCUT2D eigenvalue weighted by Crippen LogP contribution is 2.37. The molecule has 0 atom stereocenters. The Kier molecular flexibility index (Phi) is 8.01. The van der Waals surface area contributed by atoms with Crippen molar-refractivity contribution in [3.8, 4) is 0 Å². The highest BCUT2D eigenvalue weighted by atomic mass is 16.5. The molecule has 0 bridgehead atoms. The van der Waals surface area contributed by atoms with E-state index in [9.17, 15) is 0 Å². The molecule has 1 rings (SSSR count). The Bertz CT molecular complexity index is 214. The van der Waals surface area contributed by atoms with E-state index < -0.39 is 0 Å². The number of rotatable bonds is 8. The van der Waals surface area contributed by atoms with E-state index in [0.717, 1.165) is 38.1 Å². The van der Waals surface area contributed by atoms with E-state index in [2.05, 4.69) is 33.0 Å². The van der Waals surface area contributed by atoms with Gasteiger partial charge in [-0.15, -0.1) is 0 Å². The maximum absolute atomic E-state index is 5.59. The fraction of sp³-hybridized carbons (Fsp3) is 1.00. The zero-order chi connectivity index (χ0) is 14.1. The third-order valence-electron chi connectivity index (χ3n) is 4.49. The van der Waals surface area contributed by atoms with Crippen LogP contribution < -0.4 is 5.32 Å². The Balaban J connectivity index is 1.98. The zero-order valence-corrected chi connectivity index (χ0v) is 13.6. The van der Waals surface area contributed by atoms with Crippen molar-refractivity contribution >= 4 is 0 Å². The van der Waals surface area contributed by atoms with Crippen LogP contribution in [0.4, 0.5) is 0 Å². The zero-order valence-electron chi connectivity index (χ0n) is 13.6. The van der Waals surface area contributed by atoms with E-state index in [1.165, 1.54) is 38.5 Å². The highest BCUT2D eigenvalue weighted by Gasteiger charge is 2.29. The van der Waals surface area contributed by atoms with Gasteiger partial charge in [-0.1, -0.05) is 34.1 Å². The normalized spacial score (nSPS) is 24.6. The van der Waals surface area contributed by atoms with Crippen LogP contribution >= 0.6 is 0 Å². The van der Waals surface area contributed by atoms with Gasteiger partial charge in [-0.25, -0.2) is 0 Å². The maximum atomic E-state index is 5.59. The maximum Gasteiger partial charge on any atom is 0.0478 e. The van der Waals surface area contributed by atoms with E-state index in [0.29, 0.717) is 5.41 Å². The summed E-state index contributed by atoms with van der Waals surface area (Å²) in [6.45, 7) is 12.4. The van der Waals surface area contributed by atoms with Crippen molar-refractivity contribution in [2.45, 2.75) is 78.7 Å². The van der Waals surface area contributed by atoms with E-state index in [-0.39, 0.29) is 0 Å². The molecule has 1 fully saturated rings. The van der Waals surface area contributed by atoms with Gasteiger partial charge in [0, 0.05) is 19.3 Å². The molecule has 1 aliphatic carbocycles. The molecule has 19 heavy (non-hydrogen) atoms. The Morgan fingerprint density at radius 2 is 1.63 bits per heavy atom. The molecule has 1 saturated carbocycles. The molecule has 0 amide bonds. The Hall–Kier alpha value is -0.0800. The second-order valence-electron chi connectivity index (χ2n) is 7.19. The van der Waals surface area contributed by atoms with Gasteiger partial charge in [0.2, 0.25) is 0 Å². The molecule has 0 unspecified atom stereocenters. The average Bonchev–Trinajstić information content (AvgIpc) is 2.37. The van der Waals surface area contributed by atoms with Crippen LogP contribution in [0.25, 0.3) is 0 Å².